The Morgan fingerprint density at radius 2 is 1.70 bits per heavy atom. The Bertz CT molecular complexity index is 666. The maximum Gasteiger partial charge on any atom is 0.359 e. The van der Waals surface area contributed by atoms with Crippen molar-refractivity contribution in [1.29, 1.82) is 0 Å². The second kappa shape index (κ2) is 5.33. The average molecular weight is 271 g/mol. The third-order valence-electron chi connectivity index (χ3n) is 2.85. The van der Waals surface area contributed by atoms with E-state index in [1.165, 1.54) is 0 Å². The lowest BCUT2D eigenvalue weighted by Crippen LogP contribution is -2.20. The van der Waals surface area contributed by atoms with Crippen LogP contribution in [0.1, 0.15) is 36.9 Å². The monoisotopic (exact) mass is 271 g/mol. The highest BCUT2D eigenvalue weighted by Crippen LogP contribution is 2.21. The van der Waals surface area contributed by atoms with Crippen molar-refractivity contribution < 1.29 is 9.21 Å². The van der Waals surface area contributed by atoms with Crippen LogP contribution in [-0.4, -0.2) is 5.91 Å². The minimum atomic E-state index is -0.540. The van der Waals surface area contributed by atoms with E-state index >= 15 is 0 Å². The van der Waals surface area contributed by atoms with Gasteiger partial charge in [0.2, 0.25) is 0 Å². The van der Waals surface area contributed by atoms with Gasteiger partial charge in [-0.05, 0) is 24.3 Å². The largest absolute Gasteiger partial charge is 0.426 e. The molecule has 0 unspecified atom stereocenters. The SMILES string of the molecule is CC(C)(C)c1ccc(NC(=O)c2ccccc2)c(=O)o1. The summed E-state index contributed by atoms with van der Waals surface area (Å²) in [6, 6.07) is 12.0. The lowest BCUT2D eigenvalue weighted by molar-refractivity contribution is 0.102. The summed E-state index contributed by atoms with van der Waals surface area (Å²) < 4.78 is 5.24. The quantitative estimate of drug-likeness (QED) is 0.912. The van der Waals surface area contributed by atoms with Crippen molar-refractivity contribution in [3.05, 3.63) is 64.2 Å². The first kappa shape index (κ1) is 14.1. The Morgan fingerprint density at radius 3 is 2.25 bits per heavy atom. The number of hydrogen-bond donors (Lipinski definition) is 1. The Balaban J connectivity index is 2.23. The summed E-state index contributed by atoms with van der Waals surface area (Å²) in [5.41, 5.74) is -0.151. The van der Waals surface area contributed by atoms with Crippen molar-refractivity contribution in [2.75, 3.05) is 5.32 Å². The molecule has 1 amide bonds. The fourth-order valence-electron chi connectivity index (χ4n) is 1.70. The van der Waals surface area contributed by atoms with E-state index in [4.69, 9.17) is 4.42 Å². The number of amides is 1. The van der Waals surface area contributed by atoms with E-state index in [2.05, 4.69) is 5.32 Å². The molecule has 1 N–H and O–H groups in total. The lowest BCUT2D eigenvalue weighted by Gasteiger charge is -2.16. The molecule has 0 aliphatic carbocycles. The number of anilines is 1. The predicted octanol–water partition coefficient (Wildman–Crippen LogP) is 3.19. The van der Waals surface area contributed by atoms with Gasteiger partial charge < -0.3 is 9.73 Å². The zero-order valence-electron chi connectivity index (χ0n) is 11.8. The summed E-state index contributed by atoms with van der Waals surface area (Å²) >= 11 is 0. The van der Waals surface area contributed by atoms with Gasteiger partial charge in [0.25, 0.3) is 5.91 Å². The van der Waals surface area contributed by atoms with Crippen LogP contribution in [0.5, 0.6) is 0 Å². The van der Waals surface area contributed by atoms with Crippen molar-refractivity contribution in [1.82, 2.24) is 0 Å². The van der Waals surface area contributed by atoms with Gasteiger partial charge in [-0.3, -0.25) is 4.79 Å². The van der Waals surface area contributed by atoms with Crippen LogP contribution < -0.4 is 10.9 Å². The molecule has 0 spiro atoms. The Hall–Kier alpha value is -2.36. The number of carbonyl (C=O) groups excluding carboxylic acids is 1. The summed E-state index contributed by atoms with van der Waals surface area (Å²) in [6.07, 6.45) is 0. The highest BCUT2D eigenvalue weighted by molar-refractivity contribution is 6.04. The molecule has 1 aromatic carbocycles. The zero-order chi connectivity index (χ0) is 14.8. The van der Waals surface area contributed by atoms with Crippen molar-refractivity contribution in [2.24, 2.45) is 0 Å². The third-order valence-corrected chi connectivity index (χ3v) is 2.85. The highest BCUT2D eigenvalue weighted by Gasteiger charge is 2.18. The van der Waals surface area contributed by atoms with Gasteiger partial charge in [0.15, 0.2) is 0 Å². The Labute approximate surface area is 117 Å². The molecule has 1 heterocycles. The van der Waals surface area contributed by atoms with E-state index in [0.29, 0.717) is 11.3 Å². The molecule has 0 atom stereocenters. The molecular weight excluding hydrogens is 254 g/mol. The number of benzene rings is 1. The van der Waals surface area contributed by atoms with Crippen LogP contribution in [0.25, 0.3) is 0 Å². The number of nitrogens with one attached hydrogen (secondary N) is 1. The first-order chi connectivity index (χ1) is 9.38. The second-order valence-electron chi connectivity index (χ2n) is 5.57. The van der Waals surface area contributed by atoms with E-state index in [0.717, 1.165) is 0 Å². The first-order valence-electron chi connectivity index (χ1n) is 6.39. The molecule has 0 aliphatic rings. The fraction of sp³-hybridized carbons (Fsp3) is 0.250. The van der Waals surface area contributed by atoms with Gasteiger partial charge in [-0.25, -0.2) is 4.79 Å². The van der Waals surface area contributed by atoms with Crippen LogP contribution in [0.2, 0.25) is 0 Å². The van der Waals surface area contributed by atoms with Crippen molar-refractivity contribution in [3.8, 4) is 0 Å². The maximum atomic E-state index is 12.0. The van der Waals surface area contributed by atoms with Gasteiger partial charge in [0.1, 0.15) is 11.4 Å². The minimum Gasteiger partial charge on any atom is -0.426 e. The van der Waals surface area contributed by atoms with Crippen LogP contribution in [0, 0.1) is 0 Å². The van der Waals surface area contributed by atoms with Crippen LogP contribution >= 0.6 is 0 Å². The summed E-state index contributed by atoms with van der Waals surface area (Å²) in [7, 11) is 0. The molecule has 104 valence electrons. The van der Waals surface area contributed by atoms with E-state index < -0.39 is 5.63 Å². The molecule has 4 heteroatoms. The van der Waals surface area contributed by atoms with Gasteiger partial charge in [0.05, 0.1) is 0 Å². The molecule has 4 nitrogen and oxygen atoms in total. The van der Waals surface area contributed by atoms with E-state index in [1.54, 1.807) is 36.4 Å². The van der Waals surface area contributed by atoms with E-state index in [-0.39, 0.29) is 17.0 Å². The van der Waals surface area contributed by atoms with Gasteiger partial charge in [-0.15, -0.1) is 0 Å². The Kier molecular flexibility index (Phi) is 3.74. The predicted molar refractivity (Wildman–Crippen MR) is 78.1 cm³/mol. The highest BCUT2D eigenvalue weighted by atomic mass is 16.4. The van der Waals surface area contributed by atoms with Gasteiger partial charge in [-0.2, -0.15) is 0 Å². The fourth-order valence-corrected chi connectivity index (χ4v) is 1.70. The maximum absolute atomic E-state index is 12.0. The molecule has 0 saturated heterocycles. The zero-order valence-corrected chi connectivity index (χ0v) is 11.8. The van der Waals surface area contributed by atoms with Gasteiger partial charge >= 0.3 is 5.63 Å². The van der Waals surface area contributed by atoms with Gasteiger partial charge in [0, 0.05) is 11.0 Å². The van der Waals surface area contributed by atoms with Crippen molar-refractivity contribution in [3.63, 3.8) is 0 Å². The van der Waals surface area contributed by atoms with Crippen molar-refractivity contribution >= 4 is 11.6 Å². The lowest BCUT2D eigenvalue weighted by atomic mass is 9.93. The molecule has 0 fully saturated rings. The standard InChI is InChI=1S/C16H17NO3/c1-16(2,3)13-10-9-12(15(19)20-13)17-14(18)11-7-5-4-6-8-11/h4-10H,1-3H3,(H,17,18). The summed E-state index contributed by atoms with van der Waals surface area (Å²) in [5.74, 6) is 0.251. The molecule has 20 heavy (non-hydrogen) atoms. The van der Waals surface area contributed by atoms with Crippen LogP contribution in [0.4, 0.5) is 5.69 Å². The van der Waals surface area contributed by atoms with E-state index in [9.17, 15) is 9.59 Å². The number of hydrogen-bond acceptors (Lipinski definition) is 3. The number of rotatable bonds is 2. The average Bonchev–Trinajstić information content (AvgIpc) is 2.41. The van der Waals surface area contributed by atoms with Gasteiger partial charge in [-0.1, -0.05) is 39.0 Å². The molecule has 2 aromatic rings. The summed E-state index contributed by atoms with van der Waals surface area (Å²) in [5, 5.41) is 2.56. The van der Waals surface area contributed by atoms with E-state index in [1.807, 2.05) is 26.8 Å². The minimum absolute atomic E-state index is 0.145. The van der Waals surface area contributed by atoms with Crippen LogP contribution in [0.3, 0.4) is 0 Å². The summed E-state index contributed by atoms with van der Waals surface area (Å²) in [6.45, 7) is 5.86. The number of carbonyl (C=O) groups is 1. The molecule has 0 aliphatic heterocycles. The molecule has 0 bridgehead atoms. The third kappa shape index (κ3) is 3.15. The molecule has 2 rings (SSSR count). The second-order valence-corrected chi connectivity index (χ2v) is 5.57. The normalized spacial score (nSPS) is 11.2. The van der Waals surface area contributed by atoms with Crippen LogP contribution in [0.15, 0.2) is 51.7 Å². The first-order valence-corrected chi connectivity index (χ1v) is 6.39. The Morgan fingerprint density at radius 1 is 1.05 bits per heavy atom. The summed E-state index contributed by atoms with van der Waals surface area (Å²) in [4.78, 5) is 23.8. The molecule has 0 saturated carbocycles. The topological polar surface area (TPSA) is 59.3 Å². The molecule has 1 aromatic heterocycles. The molecular formula is C16H17NO3. The smallest absolute Gasteiger partial charge is 0.359 e. The molecule has 0 radical (unpaired) electrons. The van der Waals surface area contributed by atoms with Crippen molar-refractivity contribution in [2.45, 2.75) is 26.2 Å². The van der Waals surface area contributed by atoms with Crippen LogP contribution in [-0.2, 0) is 5.41 Å².